The van der Waals surface area contributed by atoms with E-state index >= 15 is 0 Å². The number of carbonyl (C=O) groups is 1. The number of amides is 1. The van der Waals surface area contributed by atoms with E-state index in [4.69, 9.17) is 0 Å². The molecular formula is C21H28N2O2. The molecule has 0 heterocycles. The van der Waals surface area contributed by atoms with Gasteiger partial charge in [-0.2, -0.15) is 0 Å². The minimum absolute atomic E-state index is 0.0705. The maximum absolute atomic E-state index is 11.2. The van der Waals surface area contributed by atoms with Gasteiger partial charge in [0.2, 0.25) is 5.91 Å². The molecule has 4 nitrogen and oxygen atoms in total. The molecule has 0 saturated heterocycles. The maximum atomic E-state index is 11.2. The predicted molar refractivity (Wildman–Crippen MR) is 103 cm³/mol. The molecule has 0 aliphatic carbocycles. The molecule has 3 N–H and O–H groups in total. The number of rotatable bonds is 8. The standard InChI is InChI=1S/C21H28N2O2/c1-15(24)12-20(18-8-5-4-6-9-18)14-22-16(2)19-10-7-11-21(13-19)23-17(3)25/h4-11,13,15-16,20,22,24H,12,14H2,1-3H3,(H,23,25). The minimum atomic E-state index is -0.342. The first-order chi connectivity index (χ1) is 12.0. The lowest BCUT2D eigenvalue weighted by atomic mass is 9.93. The van der Waals surface area contributed by atoms with Crippen LogP contribution in [0.5, 0.6) is 0 Å². The van der Waals surface area contributed by atoms with E-state index < -0.39 is 0 Å². The van der Waals surface area contributed by atoms with E-state index in [0.717, 1.165) is 24.2 Å². The van der Waals surface area contributed by atoms with Crippen LogP contribution in [-0.4, -0.2) is 23.7 Å². The fourth-order valence-corrected chi connectivity index (χ4v) is 3.00. The molecule has 0 fully saturated rings. The van der Waals surface area contributed by atoms with Crippen LogP contribution >= 0.6 is 0 Å². The minimum Gasteiger partial charge on any atom is -0.393 e. The van der Waals surface area contributed by atoms with E-state index in [-0.39, 0.29) is 24.0 Å². The summed E-state index contributed by atoms with van der Waals surface area (Å²) in [5, 5.41) is 16.2. The highest BCUT2D eigenvalue weighted by Gasteiger charge is 2.16. The van der Waals surface area contributed by atoms with Gasteiger partial charge in [0.15, 0.2) is 0 Å². The summed E-state index contributed by atoms with van der Waals surface area (Å²) >= 11 is 0. The fraction of sp³-hybridized carbons (Fsp3) is 0.381. The van der Waals surface area contributed by atoms with Gasteiger partial charge in [-0.05, 0) is 49.4 Å². The van der Waals surface area contributed by atoms with Gasteiger partial charge in [-0.1, -0.05) is 42.5 Å². The molecule has 0 spiro atoms. The van der Waals surface area contributed by atoms with Gasteiger partial charge in [-0.15, -0.1) is 0 Å². The molecule has 2 aromatic rings. The molecule has 2 aromatic carbocycles. The Morgan fingerprint density at radius 2 is 1.72 bits per heavy atom. The normalized spacial score (nSPS) is 14.6. The second kappa shape index (κ2) is 9.35. The summed E-state index contributed by atoms with van der Waals surface area (Å²) in [6.07, 6.45) is 0.376. The summed E-state index contributed by atoms with van der Waals surface area (Å²) in [5.41, 5.74) is 3.16. The van der Waals surface area contributed by atoms with Gasteiger partial charge in [-0.25, -0.2) is 0 Å². The third-order valence-corrected chi connectivity index (χ3v) is 4.27. The summed E-state index contributed by atoms with van der Waals surface area (Å²) in [4.78, 5) is 11.2. The molecule has 4 heteroatoms. The number of hydrogen-bond donors (Lipinski definition) is 3. The highest BCUT2D eigenvalue weighted by Crippen LogP contribution is 2.23. The van der Waals surface area contributed by atoms with Crippen molar-refractivity contribution in [2.75, 3.05) is 11.9 Å². The van der Waals surface area contributed by atoms with E-state index in [1.54, 1.807) is 0 Å². The number of aliphatic hydroxyl groups is 1. The largest absolute Gasteiger partial charge is 0.393 e. The van der Waals surface area contributed by atoms with Crippen molar-refractivity contribution in [2.45, 2.75) is 45.3 Å². The Morgan fingerprint density at radius 1 is 1.04 bits per heavy atom. The van der Waals surface area contributed by atoms with E-state index in [2.05, 4.69) is 35.8 Å². The first-order valence-corrected chi connectivity index (χ1v) is 8.79. The van der Waals surface area contributed by atoms with Crippen LogP contribution in [0.3, 0.4) is 0 Å². The summed E-state index contributed by atoms with van der Waals surface area (Å²) in [5.74, 6) is 0.181. The molecule has 1 amide bonds. The average molecular weight is 340 g/mol. The monoisotopic (exact) mass is 340 g/mol. The molecule has 0 bridgehead atoms. The maximum Gasteiger partial charge on any atom is 0.221 e. The van der Waals surface area contributed by atoms with Gasteiger partial charge >= 0.3 is 0 Å². The van der Waals surface area contributed by atoms with Crippen molar-refractivity contribution in [1.29, 1.82) is 0 Å². The third kappa shape index (κ3) is 6.33. The Kier molecular flexibility index (Phi) is 7.16. The number of nitrogens with one attached hydrogen (secondary N) is 2. The van der Waals surface area contributed by atoms with Gasteiger partial charge in [0.05, 0.1) is 6.10 Å². The second-order valence-corrected chi connectivity index (χ2v) is 6.63. The summed E-state index contributed by atoms with van der Waals surface area (Å²) in [6, 6.07) is 18.3. The van der Waals surface area contributed by atoms with Crippen LogP contribution in [0.1, 0.15) is 50.3 Å². The second-order valence-electron chi connectivity index (χ2n) is 6.63. The summed E-state index contributed by atoms with van der Waals surface area (Å²) < 4.78 is 0. The van der Waals surface area contributed by atoms with Crippen LogP contribution in [0.2, 0.25) is 0 Å². The quantitative estimate of drug-likeness (QED) is 0.684. The Morgan fingerprint density at radius 3 is 2.36 bits per heavy atom. The van der Waals surface area contributed by atoms with Crippen molar-refractivity contribution in [3.8, 4) is 0 Å². The molecular weight excluding hydrogens is 312 g/mol. The zero-order valence-electron chi connectivity index (χ0n) is 15.2. The molecule has 25 heavy (non-hydrogen) atoms. The number of benzene rings is 2. The summed E-state index contributed by atoms with van der Waals surface area (Å²) in [7, 11) is 0. The lowest BCUT2D eigenvalue weighted by Crippen LogP contribution is -2.26. The molecule has 0 saturated carbocycles. The van der Waals surface area contributed by atoms with Crippen LogP contribution in [0.4, 0.5) is 5.69 Å². The molecule has 0 aromatic heterocycles. The van der Waals surface area contributed by atoms with Crippen molar-refractivity contribution in [3.05, 3.63) is 65.7 Å². The first kappa shape index (κ1) is 19.2. The fourth-order valence-electron chi connectivity index (χ4n) is 3.00. The molecule has 0 aliphatic heterocycles. The highest BCUT2D eigenvalue weighted by molar-refractivity contribution is 5.88. The van der Waals surface area contributed by atoms with Crippen molar-refractivity contribution in [2.24, 2.45) is 0 Å². The molecule has 2 rings (SSSR count). The van der Waals surface area contributed by atoms with E-state index in [1.165, 1.54) is 12.5 Å². The Labute approximate surface area is 150 Å². The van der Waals surface area contributed by atoms with Gasteiger partial charge in [0, 0.05) is 25.2 Å². The van der Waals surface area contributed by atoms with E-state index in [1.807, 2.05) is 43.3 Å². The van der Waals surface area contributed by atoms with Crippen LogP contribution in [0.15, 0.2) is 54.6 Å². The van der Waals surface area contributed by atoms with Gasteiger partial charge in [-0.3, -0.25) is 4.79 Å². The molecule has 0 radical (unpaired) electrons. The first-order valence-electron chi connectivity index (χ1n) is 8.79. The smallest absolute Gasteiger partial charge is 0.221 e. The number of aliphatic hydroxyl groups excluding tert-OH is 1. The van der Waals surface area contributed by atoms with E-state index in [0.29, 0.717) is 0 Å². The van der Waals surface area contributed by atoms with Crippen molar-refractivity contribution >= 4 is 11.6 Å². The third-order valence-electron chi connectivity index (χ3n) is 4.27. The van der Waals surface area contributed by atoms with Crippen molar-refractivity contribution in [1.82, 2.24) is 5.32 Å². The summed E-state index contributed by atoms with van der Waals surface area (Å²) in [6.45, 7) is 6.23. The topological polar surface area (TPSA) is 61.4 Å². The highest BCUT2D eigenvalue weighted by atomic mass is 16.3. The van der Waals surface area contributed by atoms with Crippen LogP contribution in [0.25, 0.3) is 0 Å². The Balaban J connectivity index is 2.03. The zero-order valence-corrected chi connectivity index (χ0v) is 15.2. The van der Waals surface area contributed by atoms with Crippen LogP contribution in [0, 0.1) is 0 Å². The molecule has 3 atom stereocenters. The van der Waals surface area contributed by atoms with Gasteiger partial charge in [0.25, 0.3) is 0 Å². The SMILES string of the molecule is CC(=O)Nc1cccc(C(C)NCC(CC(C)O)c2ccccc2)c1. The van der Waals surface area contributed by atoms with Crippen LogP contribution in [-0.2, 0) is 4.79 Å². The van der Waals surface area contributed by atoms with E-state index in [9.17, 15) is 9.90 Å². The zero-order chi connectivity index (χ0) is 18.2. The lowest BCUT2D eigenvalue weighted by Gasteiger charge is -2.23. The van der Waals surface area contributed by atoms with Crippen LogP contribution < -0.4 is 10.6 Å². The number of carbonyl (C=O) groups excluding carboxylic acids is 1. The number of hydrogen-bond acceptors (Lipinski definition) is 3. The molecule has 134 valence electrons. The Bertz CT molecular complexity index is 671. The van der Waals surface area contributed by atoms with Crippen molar-refractivity contribution < 1.29 is 9.90 Å². The molecule has 0 aliphatic rings. The lowest BCUT2D eigenvalue weighted by molar-refractivity contribution is -0.114. The molecule has 3 unspecified atom stereocenters. The predicted octanol–water partition coefficient (Wildman–Crippen LogP) is 3.85. The number of anilines is 1. The van der Waals surface area contributed by atoms with Gasteiger partial charge in [0.1, 0.15) is 0 Å². The van der Waals surface area contributed by atoms with Crippen molar-refractivity contribution in [3.63, 3.8) is 0 Å². The van der Waals surface area contributed by atoms with Gasteiger partial charge < -0.3 is 15.7 Å². The Hall–Kier alpha value is -2.17. The average Bonchev–Trinajstić information content (AvgIpc) is 2.58.